The number of nitrogens with zero attached hydrogens (tertiary/aromatic N) is 2. The van der Waals surface area contributed by atoms with Crippen LogP contribution in [0.4, 0.5) is 0 Å². The van der Waals surface area contributed by atoms with E-state index in [1.165, 1.54) is 108 Å². The average molecular weight is 1070 g/mol. The Balaban J connectivity index is 0.000000494. The van der Waals surface area contributed by atoms with Crippen LogP contribution in [-0.4, -0.2) is 96.2 Å². The molecular weight excluding hydrogens is 955 g/mol. The van der Waals surface area contributed by atoms with E-state index in [-0.39, 0.29) is 17.3 Å². The number of carbonyl (C=O) groups is 3. The van der Waals surface area contributed by atoms with Crippen LogP contribution in [0.3, 0.4) is 0 Å². The number of ether oxygens (including phenoxy) is 2. The molecule has 3 aliphatic carbocycles. The van der Waals surface area contributed by atoms with E-state index in [1.54, 1.807) is 12.1 Å². The van der Waals surface area contributed by atoms with Gasteiger partial charge in [0.25, 0.3) is 0 Å². The number of amides is 1. The van der Waals surface area contributed by atoms with Crippen molar-refractivity contribution in [2.75, 3.05) is 46.1 Å². The molecule has 3 aliphatic rings. The topological polar surface area (TPSA) is 252 Å². The van der Waals surface area contributed by atoms with Gasteiger partial charge in [0.2, 0.25) is 5.91 Å². The number of nitrogens with two attached hydrogens (primary N) is 4. The highest BCUT2D eigenvalue weighted by Crippen LogP contribution is 2.56. The maximum atomic E-state index is 11.9. The van der Waals surface area contributed by atoms with Gasteiger partial charge in [-0.05, 0) is 195 Å². The highest BCUT2D eigenvalue weighted by Gasteiger charge is 2.49. The second-order valence-electron chi connectivity index (χ2n) is 21.9. The maximum Gasteiger partial charge on any atom is 0.354 e. The quantitative estimate of drug-likeness (QED) is 0.0266. The van der Waals surface area contributed by atoms with Crippen molar-refractivity contribution in [2.45, 2.75) is 214 Å². The van der Waals surface area contributed by atoms with Gasteiger partial charge in [-0.3, -0.25) is 4.79 Å². The van der Waals surface area contributed by atoms with Gasteiger partial charge in [0, 0.05) is 49.6 Å². The fourth-order valence-corrected chi connectivity index (χ4v) is 10.4. The number of hydrogen-bond donors (Lipinski definition) is 7. The van der Waals surface area contributed by atoms with Crippen molar-refractivity contribution < 1.29 is 34.1 Å². The van der Waals surface area contributed by atoms with E-state index < -0.39 is 11.9 Å². The summed E-state index contributed by atoms with van der Waals surface area (Å²) < 4.78 is 10.6. The Labute approximate surface area is 461 Å². The molecule has 0 radical (unpaired) electrons. The van der Waals surface area contributed by atoms with Crippen LogP contribution in [0, 0.1) is 41.4 Å². The van der Waals surface area contributed by atoms with E-state index in [0.717, 1.165) is 124 Å². The molecule has 7 unspecified atom stereocenters. The zero-order chi connectivity index (χ0) is 56.4. The molecule has 0 aromatic carbocycles. The number of aromatic carboxylic acids is 2. The fourth-order valence-electron chi connectivity index (χ4n) is 10.4. The number of aryl methyl sites for hydroxylation is 2. The molecule has 0 saturated heterocycles. The first-order valence-corrected chi connectivity index (χ1v) is 30.0. The van der Waals surface area contributed by atoms with Gasteiger partial charge in [0.05, 0.1) is 19.8 Å². The molecule has 2 aromatic rings. The van der Waals surface area contributed by atoms with Crippen LogP contribution in [0.15, 0.2) is 49.1 Å². The van der Waals surface area contributed by atoms with Crippen LogP contribution in [0.2, 0.25) is 0 Å². The molecule has 76 heavy (non-hydrogen) atoms. The third kappa shape index (κ3) is 34.2. The first kappa shape index (κ1) is 70.2. The van der Waals surface area contributed by atoms with Crippen molar-refractivity contribution in [3.05, 3.63) is 71.8 Å². The lowest BCUT2D eigenvalue weighted by atomic mass is 9.89. The minimum atomic E-state index is -0.993. The van der Waals surface area contributed by atoms with Crippen LogP contribution in [0.5, 0.6) is 0 Å². The standard InChI is InChI=1S/C19H36N2O.C14H22N2O4.C11H15NO2.C11H23N.C7H15N/c1-3-4-5-6-13-21-19(22)12-10-17-15-8-7-14(2)18(20)11-9-16(15)17;15-7-9-20-11-10-19-8-2-1-4-12-5-3-6-13(16-12)14(17)18;1-2-3-4-6-9-7-5-8-10(12-9)11(13)14;1-3-10-7-9(2)11(8-10)5-4-6-12;1-3-4-5-6-7(2)8/h14-18H,3-13,20H2,1-2H3,(H,21,22);3,5-6H,1-2,4,7-11,15H2,(H,17,18);5,7-8H,2-4,6H2,1H3,(H,13,14);9-11H,3-8,12H2,1-2H3;3,7H,1,4-6,8H2,2H3/t14?,15?,16-,17-,18?;;;;/m1..../s1. The largest absolute Gasteiger partial charge is 0.477 e. The zero-order valence-corrected chi connectivity index (χ0v) is 48.7. The summed E-state index contributed by atoms with van der Waals surface area (Å²) in [7, 11) is 0. The number of fused-ring (bicyclic) bond motifs is 1. The molecule has 2 heterocycles. The molecule has 3 saturated carbocycles. The highest BCUT2D eigenvalue weighted by molar-refractivity contribution is 5.85. The number of hydrogen-bond acceptors (Lipinski definition) is 11. The van der Waals surface area contributed by atoms with Gasteiger partial charge < -0.3 is 47.9 Å². The lowest BCUT2D eigenvalue weighted by Crippen LogP contribution is -2.29. The number of carboxylic acids is 2. The van der Waals surface area contributed by atoms with Crippen LogP contribution in [0.25, 0.3) is 0 Å². The summed E-state index contributed by atoms with van der Waals surface area (Å²) in [4.78, 5) is 41.4. The summed E-state index contributed by atoms with van der Waals surface area (Å²) in [6, 6.07) is 11.0. The number of allylic oxidation sites excluding steroid dienone is 1. The molecule has 14 heteroatoms. The van der Waals surface area contributed by atoms with Gasteiger partial charge in [-0.2, -0.15) is 0 Å². The molecule has 0 bridgehead atoms. The van der Waals surface area contributed by atoms with Crippen molar-refractivity contribution in [2.24, 2.45) is 64.4 Å². The normalized spacial score (nSPS) is 21.7. The summed E-state index contributed by atoms with van der Waals surface area (Å²) >= 11 is 0. The van der Waals surface area contributed by atoms with Gasteiger partial charge in [0.1, 0.15) is 11.4 Å². The first-order chi connectivity index (χ1) is 36.6. The minimum Gasteiger partial charge on any atom is -0.477 e. The Hall–Kier alpha value is -3.79. The third-order valence-electron chi connectivity index (χ3n) is 15.3. The molecule has 9 atom stereocenters. The Kier molecular flexibility index (Phi) is 41.7. The van der Waals surface area contributed by atoms with Gasteiger partial charge in [-0.15, -0.1) is 6.58 Å². The summed E-state index contributed by atoms with van der Waals surface area (Å²) in [5.74, 6) is 4.53. The second kappa shape index (κ2) is 45.1. The monoisotopic (exact) mass is 1070 g/mol. The van der Waals surface area contributed by atoms with Crippen molar-refractivity contribution in [1.82, 2.24) is 15.3 Å². The maximum absolute atomic E-state index is 11.9. The van der Waals surface area contributed by atoms with Crippen molar-refractivity contribution in [3.8, 4) is 0 Å². The van der Waals surface area contributed by atoms with Crippen molar-refractivity contribution in [3.63, 3.8) is 0 Å². The summed E-state index contributed by atoms with van der Waals surface area (Å²) in [6.07, 6.45) is 30.9. The zero-order valence-electron chi connectivity index (χ0n) is 48.7. The van der Waals surface area contributed by atoms with Crippen LogP contribution in [-0.2, 0) is 27.1 Å². The lowest BCUT2D eigenvalue weighted by molar-refractivity contribution is -0.121. The summed E-state index contributed by atoms with van der Waals surface area (Å²) in [5.41, 5.74) is 24.4. The number of carbonyl (C=O) groups excluding carboxylic acids is 1. The van der Waals surface area contributed by atoms with Crippen molar-refractivity contribution >= 4 is 17.8 Å². The molecule has 3 fully saturated rings. The van der Waals surface area contributed by atoms with Crippen LogP contribution in [0.1, 0.15) is 222 Å². The van der Waals surface area contributed by atoms with Gasteiger partial charge in [-0.25, -0.2) is 19.6 Å². The molecular formula is C62H111N7O7. The van der Waals surface area contributed by atoms with E-state index in [9.17, 15) is 14.4 Å². The SMILES string of the molecule is C=CCCCC(C)N.CCC1CC(C)C(CCCN)C1.CCCCCCNC(=O)CC[C@@H]1C2CCC(C)C(N)CC[C@H]21.CCCCCc1cccc(C(=O)O)n1.NCCOCCOCCCCc1cccc(C(=O)O)n1. The van der Waals surface area contributed by atoms with E-state index >= 15 is 0 Å². The van der Waals surface area contributed by atoms with Gasteiger partial charge >= 0.3 is 11.9 Å². The Morgan fingerprint density at radius 1 is 0.724 bits per heavy atom. The number of aromatic nitrogens is 2. The first-order valence-electron chi connectivity index (χ1n) is 30.0. The molecule has 0 spiro atoms. The van der Waals surface area contributed by atoms with E-state index in [2.05, 4.69) is 56.5 Å². The Morgan fingerprint density at radius 2 is 1.32 bits per heavy atom. The minimum absolute atomic E-state index is 0.0933. The lowest BCUT2D eigenvalue weighted by Gasteiger charge is -2.21. The Morgan fingerprint density at radius 3 is 1.86 bits per heavy atom. The highest BCUT2D eigenvalue weighted by atomic mass is 16.5. The molecule has 1 amide bonds. The van der Waals surface area contributed by atoms with E-state index in [1.807, 2.05) is 25.1 Å². The van der Waals surface area contributed by atoms with Gasteiger partial charge in [-0.1, -0.05) is 91.4 Å². The average Bonchev–Trinajstić information content (AvgIpc) is 3.95. The smallest absolute Gasteiger partial charge is 0.354 e. The van der Waals surface area contributed by atoms with Crippen molar-refractivity contribution in [1.29, 1.82) is 0 Å². The number of rotatable bonds is 32. The van der Waals surface area contributed by atoms with Gasteiger partial charge in [0.15, 0.2) is 0 Å². The van der Waals surface area contributed by atoms with Crippen LogP contribution >= 0.6 is 0 Å². The second-order valence-corrected chi connectivity index (χ2v) is 21.9. The number of pyridine rings is 2. The van der Waals surface area contributed by atoms with Crippen LogP contribution < -0.4 is 28.3 Å². The fraction of sp³-hybridized carbons (Fsp3) is 0.758. The third-order valence-corrected chi connectivity index (χ3v) is 15.3. The Bertz CT molecular complexity index is 1770. The summed E-state index contributed by atoms with van der Waals surface area (Å²) in [6.45, 7) is 21.7. The van der Waals surface area contributed by atoms with E-state index in [0.29, 0.717) is 51.0 Å². The number of unbranched alkanes of at least 4 members (excludes halogenated alkanes) is 7. The molecule has 14 nitrogen and oxygen atoms in total. The number of nitrogens with one attached hydrogen (secondary N) is 1. The molecule has 436 valence electrons. The molecule has 0 aliphatic heterocycles. The molecule has 5 rings (SSSR count). The molecule has 2 aromatic heterocycles. The predicted octanol–water partition coefficient (Wildman–Crippen LogP) is 12.0. The number of carboxylic acid groups (broad SMARTS) is 2. The summed E-state index contributed by atoms with van der Waals surface area (Å²) in [5, 5.41) is 20.6. The van der Waals surface area contributed by atoms with E-state index in [4.69, 9.17) is 42.6 Å². The molecule has 11 N–H and O–H groups in total. The predicted molar refractivity (Wildman–Crippen MR) is 313 cm³/mol.